The first kappa shape index (κ1) is 19.6. The van der Waals surface area contributed by atoms with Gasteiger partial charge in [0.1, 0.15) is 16.8 Å². The number of hydrogen-bond acceptors (Lipinski definition) is 6. The molecule has 0 unspecified atom stereocenters. The van der Waals surface area contributed by atoms with E-state index in [4.69, 9.17) is 16.3 Å². The predicted molar refractivity (Wildman–Crippen MR) is 114 cm³/mol. The molecule has 0 spiro atoms. The van der Waals surface area contributed by atoms with Gasteiger partial charge in [-0.05, 0) is 55.8 Å². The van der Waals surface area contributed by atoms with Crippen LogP contribution in [0.1, 0.15) is 24.4 Å². The smallest absolute Gasteiger partial charge is 0.240 e. The lowest BCUT2D eigenvalue weighted by Gasteiger charge is -2.32. The van der Waals surface area contributed by atoms with Gasteiger partial charge in [-0.3, -0.25) is 4.79 Å². The van der Waals surface area contributed by atoms with E-state index in [0.29, 0.717) is 22.5 Å². The first-order valence-electron chi connectivity index (χ1n) is 9.19. The van der Waals surface area contributed by atoms with Gasteiger partial charge in [-0.25, -0.2) is 4.68 Å². The van der Waals surface area contributed by atoms with E-state index < -0.39 is 5.25 Å². The van der Waals surface area contributed by atoms with E-state index in [-0.39, 0.29) is 11.9 Å². The molecule has 0 saturated heterocycles. The number of fused-ring (bicyclic) bond motifs is 1. The van der Waals surface area contributed by atoms with Crippen molar-refractivity contribution in [1.29, 1.82) is 0 Å². The fourth-order valence-corrected chi connectivity index (χ4v) is 4.35. The molecule has 4 rings (SSSR count). The minimum atomic E-state index is -0.446. The fraction of sp³-hybridized carbons (Fsp3) is 0.250. The predicted octanol–water partition coefficient (Wildman–Crippen LogP) is 4.04. The van der Waals surface area contributed by atoms with Crippen LogP contribution in [0.2, 0.25) is 5.02 Å². The molecule has 1 amide bonds. The highest BCUT2D eigenvalue weighted by molar-refractivity contribution is 8.00. The van der Waals surface area contributed by atoms with Gasteiger partial charge in [0.15, 0.2) is 0 Å². The number of nitrogens with zero attached hydrogens (tertiary/aromatic N) is 3. The first-order valence-corrected chi connectivity index (χ1v) is 10.5. The highest BCUT2D eigenvalue weighted by atomic mass is 35.5. The van der Waals surface area contributed by atoms with Crippen molar-refractivity contribution in [3.8, 4) is 5.75 Å². The summed E-state index contributed by atoms with van der Waals surface area (Å²) in [7, 11) is 0. The van der Waals surface area contributed by atoms with E-state index >= 15 is 0 Å². The number of thioether (sulfide) groups is 1. The summed E-state index contributed by atoms with van der Waals surface area (Å²) in [5.74, 6) is 1.37. The first-order chi connectivity index (χ1) is 14.0. The van der Waals surface area contributed by atoms with Crippen molar-refractivity contribution >= 4 is 35.0 Å². The minimum absolute atomic E-state index is 0.126. The summed E-state index contributed by atoms with van der Waals surface area (Å²) < 4.78 is 7.26. The molecule has 0 aliphatic carbocycles. The van der Waals surface area contributed by atoms with E-state index in [2.05, 4.69) is 20.9 Å². The van der Waals surface area contributed by atoms with Crippen molar-refractivity contribution in [3.63, 3.8) is 0 Å². The molecule has 0 bridgehead atoms. The summed E-state index contributed by atoms with van der Waals surface area (Å²) in [4.78, 5) is 13.2. The molecule has 0 saturated carbocycles. The summed E-state index contributed by atoms with van der Waals surface area (Å²) >= 11 is 7.42. The van der Waals surface area contributed by atoms with E-state index in [1.165, 1.54) is 11.8 Å². The number of benzene rings is 2. The number of rotatable bonds is 5. The van der Waals surface area contributed by atoms with Crippen LogP contribution in [0, 0.1) is 6.92 Å². The Morgan fingerprint density at radius 2 is 1.93 bits per heavy atom. The molecule has 1 aromatic heterocycles. The largest absolute Gasteiger partial charge is 0.494 e. The number of carbonyl (C=O) groups excluding carboxylic acids is 1. The average molecular weight is 430 g/mol. The van der Waals surface area contributed by atoms with Crippen LogP contribution in [0.25, 0.3) is 0 Å². The van der Waals surface area contributed by atoms with Gasteiger partial charge in [-0.2, -0.15) is 0 Å². The Morgan fingerprint density at radius 3 is 2.62 bits per heavy atom. The lowest BCUT2D eigenvalue weighted by molar-refractivity contribution is -0.116. The van der Waals surface area contributed by atoms with E-state index in [9.17, 15) is 4.79 Å². The topological polar surface area (TPSA) is 81.1 Å². The van der Waals surface area contributed by atoms with Gasteiger partial charge in [-0.1, -0.05) is 35.5 Å². The molecular weight excluding hydrogens is 410 g/mol. The molecule has 1 aliphatic heterocycles. The molecule has 2 N–H and O–H groups in total. The number of anilines is 1. The highest BCUT2D eigenvalue weighted by Gasteiger charge is 2.37. The van der Waals surface area contributed by atoms with E-state index in [1.807, 2.05) is 67.1 Å². The highest BCUT2D eigenvalue weighted by Crippen LogP contribution is 2.37. The Kier molecular flexibility index (Phi) is 5.64. The molecule has 2 aromatic carbocycles. The molecule has 0 radical (unpaired) electrons. The summed E-state index contributed by atoms with van der Waals surface area (Å²) in [5, 5.41) is 12.1. The van der Waals surface area contributed by atoms with Crippen LogP contribution in [0.3, 0.4) is 0 Å². The molecule has 0 fully saturated rings. The zero-order valence-electron chi connectivity index (χ0n) is 15.9. The number of aromatic nitrogens is 3. The minimum Gasteiger partial charge on any atom is -0.494 e. The Morgan fingerprint density at radius 1 is 1.21 bits per heavy atom. The van der Waals surface area contributed by atoms with Crippen molar-refractivity contribution < 1.29 is 9.53 Å². The van der Waals surface area contributed by atoms with Gasteiger partial charge >= 0.3 is 0 Å². The molecule has 9 heteroatoms. The Hall–Kier alpha value is -2.71. The lowest BCUT2D eigenvalue weighted by Crippen LogP contribution is -2.41. The Balaban J connectivity index is 1.59. The normalized spacial score (nSPS) is 17.9. The Labute approximate surface area is 177 Å². The molecular formula is C20H20ClN5O2S. The van der Waals surface area contributed by atoms with E-state index in [0.717, 1.165) is 17.1 Å². The van der Waals surface area contributed by atoms with Gasteiger partial charge in [0.05, 0.1) is 12.6 Å². The monoisotopic (exact) mass is 429 g/mol. The number of carbonyl (C=O) groups is 1. The number of amides is 1. The standard InChI is InChI=1S/C20H20ClN5O2S/c1-3-28-16-10-8-15(9-11-16)22-19(27)18-17(13-4-6-14(21)7-5-13)25-26-12(2)23-24-20(26)29-18/h4-11,17-18,25H,3H2,1-2H3,(H,22,27)/t17-,18-/m1/s1. The zero-order chi connectivity index (χ0) is 20.4. The molecule has 7 nitrogen and oxygen atoms in total. The molecule has 2 atom stereocenters. The maximum atomic E-state index is 13.2. The third kappa shape index (κ3) is 4.18. The van der Waals surface area contributed by atoms with Gasteiger partial charge < -0.3 is 15.5 Å². The maximum absolute atomic E-state index is 13.2. The maximum Gasteiger partial charge on any atom is 0.240 e. The van der Waals surface area contributed by atoms with Crippen LogP contribution < -0.4 is 15.5 Å². The molecule has 2 heterocycles. The fourth-order valence-electron chi connectivity index (χ4n) is 3.10. The van der Waals surface area contributed by atoms with Crippen molar-refractivity contribution in [2.24, 2.45) is 0 Å². The second-order valence-electron chi connectivity index (χ2n) is 6.51. The van der Waals surface area contributed by atoms with Crippen molar-refractivity contribution in [2.45, 2.75) is 30.3 Å². The lowest BCUT2D eigenvalue weighted by atomic mass is 10.0. The second kappa shape index (κ2) is 8.34. The van der Waals surface area contributed by atoms with Crippen LogP contribution in [-0.4, -0.2) is 32.6 Å². The van der Waals surface area contributed by atoms with E-state index in [1.54, 1.807) is 0 Å². The molecule has 1 aliphatic rings. The SMILES string of the molecule is CCOc1ccc(NC(=O)[C@@H]2Sc3nnc(C)n3N[C@@H]2c2ccc(Cl)cc2)cc1. The number of halogens is 1. The van der Waals surface area contributed by atoms with Crippen LogP contribution >= 0.6 is 23.4 Å². The van der Waals surface area contributed by atoms with Crippen LogP contribution in [0.15, 0.2) is 53.7 Å². The van der Waals surface area contributed by atoms with Gasteiger partial charge in [0, 0.05) is 10.7 Å². The number of aryl methyl sites for hydroxylation is 1. The van der Waals surface area contributed by atoms with Crippen molar-refractivity contribution in [2.75, 3.05) is 17.3 Å². The summed E-state index contributed by atoms with van der Waals surface area (Å²) in [6, 6.07) is 14.5. The van der Waals surface area contributed by atoms with Crippen molar-refractivity contribution in [1.82, 2.24) is 14.9 Å². The number of nitrogens with one attached hydrogen (secondary N) is 2. The van der Waals surface area contributed by atoms with Crippen LogP contribution in [0.4, 0.5) is 5.69 Å². The van der Waals surface area contributed by atoms with Crippen LogP contribution in [0.5, 0.6) is 5.75 Å². The molecule has 29 heavy (non-hydrogen) atoms. The number of hydrogen-bond donors (Lipinski definition) is 2. The molecule has 3 aromatic rings. The second-order valence-corrected chi connectivity index (χ2v) is 8.05. The summed E-state index contributed by atoms with van der Waals surface area (Å²) in [5.41, 5.74) is 5.03. The Bertz CT molecular complexity index is 1010. The number of ether oxygens (including phenoxy) is 1. The van der Waals surface area contributed by atoms with Gasteiger partial charge in [0.25, 0.3) is 0 Å². The van der Waals surface area contributed by atoms with Crippen LogP contribution in [-0.2, 0) is 4.79 Å². The average Bonchev–Trinajstić information content (AvgIpc) is 3.09. The summed E-state index contributed by atoms with van der Waals surface area (Å²) in [6.07, 6.45) is 0. The zero-order valence-corrected chi connectivity index (χ0v) is 17.5. The van der Waals surface area contributed by atoms with Gasteiger partial charge in [-0.15, -0.1) is 10.2 Å². The third-order valence-corrected chi connectivity index (χ3v) is 5.99. The van der Waals surface area contributed by atoms with Crippen molar-refractivity contribution in [3.05, 3.63) is 64.9 Å². The summed E-state index contributed by atoms with van der Waals surface area (Å²) in [6.45, 7) is 4.39. The quantitative estimate of drug-likeness (QED) is 0.637. The van der Waals surface area contributed by atoms with Gasteiger partial charge in [0.2, 0.25) is 11.1 Å². The third-order valence-electron chi connectivity index (χ3n) is 4.52. The molecule has 150 valence electrons.